The molecule has 0 aliphatic carbocycles. The van der Waals surface area contributed by atoms with Crippen molar-refractivity contribution in [2.45, 2.75) is 32.9 Å². The highest BCUT2D eigenvalue weighted by atomic mass is 19.3. The zero-order valence-electron chi connectivity index (χ0n) is 12.5. The summed E-state index contributed by atoms with van der Waals surface area (Å²) in [4.78, 5) is 6.26. The van der Waals surface area contributed by atoms with Crippen molar-refractivity contribution in [3.8, 4) is 5.75 Å². The summed E-state index contributed by atoms with van der Waals surface area (Å²) in [6, 6.07) is 6.82. The number of guanidine groups is 1. The maximum atomic E-state index is 12.6. The summed E-state index contributed by atoms with van der Waals surface area (Å²) in [6.45, 7) is 4.38. The molecule has 1 aliphatic heterocycles. The van der Waals surface area contributed by atoms with E-state index < -0.39 is 12.2 Å². The van der Waals surface area contributed by atoms with Gasteiger partial charge < -0.3 is 15.4 Å². The van der Waals surface area contributed by atoms with E-state index >= 15 is 0 Å². The van der Waals surface area contributed by atoms with Crippen LogP contribution in [0.4, 0.5) is 8.78 Å². The highest BCUT2D eigenvalue weighted by Crippen LogP contribution is 2.38. The van der Waals surface area contributed by atoms with Crippen LogP contribution in [-0.4, -0.2) is 30.6 Å². The fourth-order valence-electron chi connectivity index (χ4n) is 2.66. The van der Waals surface area contributed by atoms with Gasteiger partial charge in [0, 0.05) is 12.1 Å². The lowest BCUT2D eigenvalue weighted by Gasteiger charge is -2.38. The topological polar surface area (TPSA) is 50.8 Å². The Bertz CT molecular complexity index is 533. The monoisotopic (exact) mass is 297 g/mol. The minimum absolute atomic E-state index is 0.175. The fraction of sp³-hybridized carbons (Fsp3) is 0.533. The maximum absolute atomic E-state index is 12.6. The summed E-state index contributed by atoms with van der Waals surface area (Å²) >= 11 is 0. The van der Waals surface area contributed by atoms with Crippen molar-refractivity contribution in [3.63, 3.8) is 0 Å². The smallest absolute Gasteiger partial charge is 0.387 e. The predicted molar refractivity (Wildman–Crippen MR) is 78.5 cm³/mol. The SMILES string of the molecule is CC(C)CN1C(N)=NCC1(C)c1ccccc1OC(F)F. The molecule has 1 heterocycles. The fourth-order valence-corrected chi connectivity index (χ4v) is 2.66. The first-order valence-corrected chi connectivity index (χ1v) is 6.96. The molecule has 2 rings (SSSR count). The zero-order chi connectivity index (χ0) is 15.6. The van der Waals surface area contributed by atoms with Gasteiger partial charge in [0.2, 0.25) is 0 Å². The van der Waals surface area contributed by atoms with Crippen LogP contribution in [0.15, 0.2) is 29.3 Å². The molecule has 0 aromatic heterocycles. The van der Waals surface area contributed by atoms with Gasteiger partial charge in [-0.05, 0) is 18.9 Å². The van der Waals surface area contributed by atoms with E-state index in [0.29, 0.717) is 30.5 Å². The van der Waals surface area contributed by atoms with Gasteiger partial charge in [0.25, 0.3) is 0 Å². The van der Waals surface area contributed by atoms with E-state index in [9.17, 15) is 8.78 Å². The molecule has 0 spiro atoms. The Morgan fingerprint density at radius 3 is 2.67 bits per heavy atom. The number of para-hydroxylation sites is 1. The Kier molecular flexibility index (Phi) is 4.34. The van der Waals surface area contributed by atoms with Crippen LogP contribution in [0.5, 0.6) is 5.75 Å². The third-order valence-corrected chi connectivity index (χ3v) is 3.65. The van der Waals surface area contributed by atoms with Crippen molar-refractivity contribution < 1.29 is 13.5 Å². The standard InChI is InChI=1S/C15H21F2N3O/c1-10(2)8-20-14(18)19-9-15(20,3)11-6-4-5-7-12(11)21-13(16)17/h4-7,10,13H,8-9H2,1-3H3,(H2,18,19). The molecule has 1 atom stereocenters. The lowest BCUT2D eigenvalue weighted by molar-refractivity contribution is -0.0516. The van der Waals surface area contributed by atoms with Crippen LogP contribution in [-0.2, 0) is 5.54 Å². The van der Waals surface area contributed by atoms with E-state index in [2.05, 4.69) is 23.6 Å². The molecule has 0 saturated carbocycles. The van der Waals surface area contributed by atoms with Crippen molar-refractivity contribution >= 4 is 5.96 Å². The molecular formula is C15H21F2N3O. The molecular weight excluding hydrogens is 276 g/mol. The lowest BCUT2D eigenvalue weighted by atomic mass is 9.89. The molecule has 21 heavy (non-hydrogen) atoms. The predicted octanol–water partition coefficient (Wildman–Crippen LogP) is 2.79. The Morgan fingerprint density at radius 2 is 2.05 bits per heavy atom. The average Bonchev–Trinajstić information content (AvgIpc) is 2.67. The molecule has 2 N–H and O–H groups in total. The third-order valence-electron chi connectivity index (χ3n) is 3.65. The van der Waals surface area contributed by atoms with Crippen molar-refractivity contribution in [3.05, 3.63) is 29.8 Å². The molecule has 0 saturated heterocycles. The number of halogens is 2. The van der Waals surface area contributed by atoms with Gasteiger partial charge >= 0.3 is 6.61 Å². The number of hydrogen-bond donors (Lipinski definition) is 1. The highest BCUT2D eigenvalue weighted by molar-refractivity contribution is 5.81. The number of ether oxygens (including phenoxy) is 1. The number of hydrogen-bond acceptors (Lipinski definition) is 4. The number of nitrogens with zero attached hydrogens (tertiary/aromatic N) is 2. The van der Waals surface area contributed by atoms with Gasteiger partial charge in [-0.15, -0.1) is 0 Å². The summed E-state index contributed by atoms with van der Waals surface area (Å²) in [7, 11) is 0. The van der Waals surface area contributed by atoms with Crippen LogP contribution in [0.25, 0.3) is 0 Å². The number of alkyl halides is 2. The summed E-state index contributed by atoms with van der Waals surface area (Å²) in [6.07, 6.45) is 0. The zero-order valence-corrected chi connectivity index (χ0v) is 12.5. The van der Waals surface area contributed by atoms with Gasteiger partial charge in [-0.3, -0.25) is 4.99 Å². The number of aliphatic imine (C=N–C) groups is 1. The minimum atomic E-state index is -2.85. The minimum Gasteiger partial charge on any atom is -0.434 e. The van der Waals surface area contributed by atoms with Crippen LogP contribution < -0.4 is 10.5 Å². The second-order valence-corrected chi connectivity index (χ2v) is 5.83. The van der Waals surface area contributed by atoms with Gasteiger partial charge in [0.1, 0.15) is 5.75 Å². The maximum Gasteiger partial charge on any atom is 0.387 e. The normalized spacial score (nSPS) is 22.0. The van der Waals surface area contributed by atoms with Gasteiger partial charge in [0.15, 0.2) is 5.96 Å². The summed E-state index contributed by atoms with van der Waals surface area (Å²) in [5.74, 6) is 0.992. The van der Waals surface area contributed by atoms with Crippen molar-refractivity contribution in [1.82, 2.24) is 4.90 Å². The van der Waals surface area contributed by atoms with E-state index in [0.717, 1.165) is 0 Å². The molecule has 0 bridgehead atoms. The molecule has 4 nitrogen and oxygen atoms in total. The molecule has 116 valence electrons. The molecule has 0 fully saturated rings. The first-order valence-electron chi connectivity index (χ1n) is 6.96. The Labute approximate surface area is 123 Å². The van der Waals surface area contributed by atoms with Gasteiger partial charge in [-0.1, -0.05) is 32.0 Å². The van der Waals surface area contributed by atoms with Gasteiger partial charge in [0.05, 0.1) is 12.1 Å². The second kappa shape index (κ2) is 5.87. The highest BCUT2D eigenvalue weighted by Gasteiger charge is 2.41. The largest absolute Gasteiger partial charge is 0.434 e. The summed E-state index contributed by atoms with van der Waals surface area (Å²) < 4.78 is 29.9. The van der Waals surface area contributed by atoms with E-state index in [4.69, 9.17) is 5.73 Å². The molecule has 1 aromatic rings. The molecule has 0 radical (unpaired) electrons. The Balaban J connectivity index is 2.39. The molecule has 0 amide bonds. The first kappa shape index (κ1) is 15.5. The number of benzene rings is 1. The summed E-state index contributed by atoms with van der Waals surface area (Å²) in [5, 5.41) is 0. The average molecular weight is 297 g/mol. The van der Waals surface area contributed by atoms with Crippen LogP contribution in [0.1, 0.15) is 26.3 Å². The number of nitrogens with two attached hydrogens (primary N) is 1. The van der Waals surface area contributed by atoms with Crippen molar-refractivity contribution in [2.24, 2.45) is 16.6 Å². The van der Waals surface area contributed by atoms with Crippen molar-refractivity contribution in [1.29, 1.82) is 0 Å². The quantitative estimate of drug-likeness (QED) is 0.909. The van der Waals surface area contributed by atoms with Crippen molar-refractivity contribution in [2.75, 3.05) is 13.1 Å². The molecule has 1 aromatic carbocycles. The molecule has 1 aliphatic rings. The van der Waals surface area contributed by atoms with E-state index in [1.807, 2.05) is 11.8 Å². The third kappa shape index (κ3) is 3.09. The molecule has 6 heteroatoms. The van der Waals surface area contributed by atoms with E-state index in [1.165, 1.54) is 0 Å². The second-order valence-electron chi connectivity index (χ2n) is 5.83. The van der Waals surface area contributed by atoms with Crippen LogP contribution >= 0.6 is 0 Å². The number of rotatable bonds is 5. The Morgan fingerprint density at radius 1 is 1.38 bits per heavy atom. The van der Waals surface area contributed by atoms with Crippen LogP contribution in [0, 0.1) is 5.92 Å². The van der Waals surface area contributed by atoms with E-state index in [-0.39, 0.29) is 5.75 Å². The van der Waals surface area contributed by atoms with Crippen LogP contribution in [0.2, 0.25) is 0 Å². The Hall–Kier alpha value is -1.85. The van der Waals surface area contributed by atoms with E-state index in [1.54, 1.807) is 24.3 Å². The lowest BCUT2D eigenvalue weighted by Crippen LogP contribution is -2.49. The van der Waals surface area contributed by atoms with Gasteiger partial charge in [-0.25, -0.2) is 0 Å². The summed E-state index contributed by atoms with van der Waals surface area (Å²) in [5.41, 5.74) is 6.08. The first-order chi connectivity index (χ1) is 9.84. The van der Waals surface area contributed by atoms with Gasteiger partial charge in [-0.2, -0.15) is 8.78 Å². The molecule has 1 unspecified atom stereocenters. The van der Waals surface area contributed by atoms with Crippen LogP contribution in [0.3, 0.4) is 0 Å².